The zero-order chi connectivity index (χ0) is 11.0. The molecular weight excluding hydrogens is 192 g/mol. The molecule has 0 radical (unpaired) electrons. The van der Waals surface area contributed by atoms with E-state index in [0.717, 1.165) is 5.56 Å². The second kappa shape index (κ2) is 3.66. The second-order valence-corrected chi connectivity index (χ2v) is 4.10. The van der Waals surface area contributed by atoms with E-state index >= 15 is 0 Å². The highest BCUT2D eigenvalue weighted by Gasteiger charge is 2.38. The molecule has 0 saturated carbocycles. The highest BCUT2D eigenvalue weighted by atomic mass is 16.2. The fraction of sp³-hybridized carbons (Fsp3) is 0.600. The van der Waals surface area contributed by atoms with E-state index in [1.165, 1.54) is 0 Å². The van der Waals surface area contributed by atoms with Gasteiger partial charge in [0.05, 0.1) is 12.2 Å². The molecule has 5 nitrogen and oxygen atoms in total. The number of aryl methyl sites for hydroxylation is 1. The van der Waals surface area contributed by atoms with E-state index in [4.69, 9.17) is 5.73 Å². The van der Waals surface area contributed by atoms with E-state index in [9.17, 15) is 4.79 Å². The minimum absolute atomic E-state index is 0.0937. The maximum atomic E-state index is 11.6. The number of aromatic nitrogens is 2. The summed E-state index contributed by atoms with van der Waals surface area (Å²) in [6.07, 6.45) is 4.30. The molecule has 5 heteroatoms. The van der Waals surface area contributed by atoms with Gasteiger partial charge in [0.25, 0.3) is 0 Å². The van der Waals surface area contributed by atoms with Gasteiger partial charge in [0.1, 0.15) is 0 Å². The number of carbonyl (C=O) groups excluding carboxylic acids is 1. The standard InChI is InChI=1S/C10H16N4O/c1-13-6-8(5-12-13)10-7(4-11)3-9(15)14(10)2/h5-7,10H,3-4,11H2,1-2H3/t7-,10-/m1/s1. The quantitative estimate of drug-likeness (QED) is 0.738. The first-order chi connectivity index (χ1) is 7.13. The molecule has 0 aromatic carbocycles. The third-order valence-electron chi connectivity index (χ3n) is 3.06. The van der Waals surface area contributed by atoms with Gasteiger partial charge < -0.3 is 10.6 Å². The molecular formula is C10H16N4O. The van der Waals surface area contributed by atoms with E-state index < -0.39 is 0 Å². The Morgan fingerprint density at radius 3 is 2.87 bits per heavy atom. The van der Waals surface area contributed by atoms with Crippen molar-refractivity contribution >= 4 is 5.91 Å². The molecule has 0 unspecified atom stereocenters. The van der Waals surface area contributed by atoms with Crippen molar-refractivity contribution in [1.29, 1.82) is 0 Å². The number of nitrogens with two attached hydrogens (primary N) is 1. The van der Waals surface area contributed by atoms with Crippen molar-refractivity contribution in [2.24, 2.45) is 18.7 Å². The van der Waals surface area contributed by atoms with Crippen LogP contribution in [0.1, 0.15) is 18.0 Å². The third-order valence-corrected chi connectivity index (χ3v) is 3.06. The monoisotopic (exact) mass is 208 g/mol. The van der Waals surface area contributed by atoms with Crippen LogP contribution in [0.3, 0.4) is 0 Å². The first-order valence-corrected chi connectivity index (χ1v) is 5.07. The van der Waals surface area contributed by atoms with E-state index in [1.807, 2.05) is 26.5 Å². The molecule has 1 aromatic heterocycles. The van der Waals surface area contributed by atoms with Crippen molar-refractivity contribution in [1.82, 2.24) is 14.7 Å². The van der Waals surface area contributed by atoms with Crippen LogP contribution in [0.15, 0.2) is 12.4 Å². The van der Waals surface area contributed by atoms with Crippen molar-refractivity contribution in [2.45, 2.75) is 12.5 Å². The lowest BCUT2D eigenvalue weighted by molar-refractivity contribution is -0.127. The number of hydrogen-bond donors (Lipinski definition) is 1. The first kappa shape index (κ1) is 10.2. The van der Waals surface area contributed by atoms with Gasteiger partial charge >= 0.3 is 0 Å². The van der Waals surface area contributed by atoms with E-state index in [2.05, 4.69) is 5.10 Å². The fourth-order valence-electron chi connectivity index (χ4n) is 2.25. The number of carbonyl (C=O) groups is 1. The van der Waals surface area contributed by atoms with Gasteiger partial charge in [-0.15, -0.1) is 0 Å². The van der Waals surface area contributed by atoms with Crippen LogP contribution in [-0.2, 0) is 11.8 Å². The average Bonchev–Trinajstić information content (AvgIpc) is 2.73. The van der Waals surface area contributed by atoms with Crippen molar-refractivity contribution in [3.05, 3.63) is 18.0 Å². The topological polar surface area (TPSA) is 64.2 Å². The normalized spacial score (nSPS) is 26.3. The van der Waals surface area contributed by atoms with Crippen LogP contribution in [0.2, 0.25) is 0 Å². The molecule has 1 aliphatic heterocycles. The van der Waals surface area contributed by atoms with Gasteiger partial charge in [0.15, 0.2) is 0 Å². The van der Waals surface area contributed by atoms with Crippen LogP contribution in [0.25, 0.3) is 0 Å². The summed E-state index contributed by atoms with van der Waals surface area (Å²) in [5.41, 5.74) is 6.76. The Labute approximate surface area is 88.8 Å². The number of rotatable bonds is 2. The lowest BCUT2D eigenvalue weighted by Gasteiger charge is -2.22. The Kier molecular flexibility index (Phi) is 2.48. The summed E-state index contributed by atoms with van der Waals surface area (Å²) in [5, 5.41) is 4.13. The lowest BCUT2D eigenvalue weighted by Crippen LogP contribution is -2.26. The van der Waals surface area contributed by atoms with Gasteiger partial charge in [-0.25, -0.2) is 0 Å². The summed E-state index contributed by atoms with van der Waals surface area (Å²) in [7, 11) is 3.70. The summed E-state index contributed by atoms with van der Waals surface area (Å²) < 4.78 is 1.75. The van der Waals surface area contributed by atoms with Crippen LogP contribution in [-0.4, -0.2) is 34.2 Å². The zero-order valence-corrected chi connectivity index (χ0v) is 9.05. The highest BCUT2D eigenvalue weighted by Crippen LogP contribution is 2.35. The number of nitrogens with zero attached hydrogens (tertiary/aromatic N) is 3. The smallest absolute Gasteiger partial charge is 0.223 e. The second-order valence-electron chi connectivity index (χ2n) is 4.10. The molecule has 1 saturated heterocycles. The van der Waals surface area contributed by atoms with Crippen LogP contribution in [0.5, 0.6) is 0 Å². The lowest BCUT2D eigenvalue weighted by atomic mass is 9.96. The Bertz CT molecular complexity index is 373. The molecule has 15 heavy (non-hydrogen) atoms. The highest BCUT2D eigenvalue weighted by molar-refractivity contribution is 5.79. The number of amides is 1. The average molecular weight is 208 g/mol. The number of likely N-dealkylation sites (tertiary alicyclic amines) is 1. The van der Waals surface area contributed by atoms with Gasteiger partial charge in [-0.1, -0.05) is 0 Å². The Hall–Kier alpha value is -1.36. The molecule has 0 spiro atoms. The largest absolute Gasteiger partial charge is 0.338 e. The van der Waals surface area contributed by atoms with E-state index in [1.54, 1.807) is 9.58 Å². The van der Waals surface area contributed by atoms with Crippen LogP contribution in [0, 0.1) is 5.92 Å². The molecule has 1 amide bonds. The predicted octanol–water partition coefficient (Wildman–Crippen LogP) is -0.102. The van der Waals surface area contributed by atoms with Gasteiger partial charge in [0.2, 0.25) is 5.91 Å². The molecule has 0 aliphatic carbocycles. The van der Waals surface area contributed by atoms with Gasteiger partial charge in [0, 0.05) is 38.2 Å². The summed E-state index contributed by atoms with van der Waals surface area (Å²) in [6.45, 7) is 0.537. The van der Waals surface area contributed by atoms with Crippen LogP contribution >= 0.6 is 0 Å². The Morgan fingerprint density at radius 2 is 2.33 bits per heavy atom. The summed E-state index contributed by atoms with van der Waals surface area (Å²) in [5.74, 6) is 0.381. The molecule has 2 rings (SSSR count). The molecule has 0 bridgehead atoms. The zero-order valence-electron chi connectivity index (χ0n) is 9.05. The summed E-state index contributed by atoms with van der Waals surface area (Å²) >= 11 is 0. The Balaban J connectivity index is 2.30. The molecule has 82 valence electrons. The Morgan fingerprint density at radius 1 is 1.60 bits per heavy atom. The molecule has 1 aromatic rings. The maximum Gasteiger partial charge on any atom is 0.223 e. The van der Waals surface area contributed by atoms with Gasteiger partial charge in [-0.3, -0.25) is 9.48 Å². The third kappa shape index (κ3) is 1.63. The molecule has 1 fully saturated rings. The van der Waals surface area contributed by atoms with Crippen LogP contribution < -0.4 is 5.73 Å². The van der Waals surface area contributed by atoms with Crippen LogP contribution in [0.4, 0.5) is 0 Å². The van der Waals surface area contributed by atoms with E-state index in [0.29, 0.717) is 13.0 Å². The van der Waals surface area contributed by atoms with Crippen molar-refractivity contribution < 1.29 is 4.79 Å². The van der Waals surface area contributed by atoms with E-state index in [-0.39, 0.29) is 17.9 Å². The molecule has 2 heterocycles. The summed E-state index contributed by atoms with van der Waals surface area (Å²) in [6, 6.07) is 0.0937. The summed E-state index contributed by atoms with van der Waals surface area (Å²) in [4.78, 5) is 13.3. The molecule has 2 N–H and O–H groups in total. The fourth-order valence-corrected chi connectivity index (χ4v) is 2.25. The molecule has 1 aliphatic rings. The maximum absolute atomic E-state index is 11.6. The SMILES string of the molecule is CN1C(=O)C[C@H](CN)[C@@H]1c1cnn(C)c1. The van der Waals surface area contributed by atoms with Crippen molar-refractivity contribution in [2.75, 3.05) is 13.6 Å². The van der Waals surface area contributed by atoms with Gasteiger partial charge in [-0.2, -0.15) is 5.10 Å². The predicted molar refractivity (Wildman–Crippen MR) is 55.9 cm³/mol. The molecule has 2 atom stereocenters. The first-order valence-electron chi connectivity index (χ1n) is 5.07. The minimum Gasteiger partial charge on any atom is -0.338 e. The van der Waals surface area contributed by atoms with Crippen molar-refractivity contribution in [3.8, 4) is 0 Å². The number of hydrogen-bond acceptors (Lipinski definition) is 3. The van der Waals surface area contributed by atoms with Gasteiger partial charge in [-0.05, 0) is 6.54 Å². The van der Waals surface area contributed by atoms with Crippen molar-refractivity contribution in [3.63, 3.8) is 0 Å². The minimum atomic E-state index is 0.0937.